The molecule has 50 valence electrons. The molecule has 1 rings (SSSR count). The third-order valence-corrected chi connectivity index (χ3v) is 1.72. The minimum atomic E-state index is 0.456. The Kier molecular flexibility index (Phi) is 1.37. The van der Waals surface area contributed by atoms with E-state index in [1.165, 1.54) is 0 Å². The van der Waals surface area contributed by atoms with Crippen LogP contribution in [0.1, 0.15) is 5.69 Å². The van der Waals surface area contributed by atoms with Crippen LogP contribution >= 0.6 is 11.6 Å². The maximum atomic E-state index is 5.62. The Morgan fingerprint density at radius 1 is 1.67 bits per heavy atom. The lowest BCUT2D eigenvalue weighted by Crippen LogP contribution is -1.97. The predicted molar refractivity (Wildman–Crippen MR) is 37.4 cm³/mol. The molecular weight excluding hydrogens is 138 g/mol. The van der Waals surface area contributed by atoms with Gasteiger partial charge in [-0.15, -0.1) is 0 Å². The average molecular weight is 146 g/mol. The molecule has 1 aromatic rings. The molecule has 2 N–H and O–H groups in total. The summed E-state index contributed by atoms with van der Waals surface area (Å²) in [4.78, 5) is 3.82. The van der Waals surface area contributed by atoms with Gasteiger partial charge in [-0.3, -0.25) is 0 Å². The molecule has 0 aliphatic heterocycles. The molecule has 0 saturated heterocycles. The number of rotatable bonds is 0. The molecule has 0 radical (unpaired) electrons. The summed E-state index contributed by atoms with van der Waals surface area (Å²) in [6.07, 6.45) is 0. The SMILES string of the molecule is Cc1c(Cl)nc(N)n1C. The summed E-state index contributed by atoms with van der Waals surface area (Å²) in [5.74, 6) is 0.456. The minimum Gasteiger partial charge on any atom is -0.369 e. The number of hydrogen-bond donors (Lipinski definition) is 1. The van der Waals surface area contributed by atoms with Crippen molar-refractivity contribution in [3.63, 3.8) is 0 Å². The highest BCUT2D eigenvalue weighted by Crippen LogP contribution is 2.14. The van der Waals surface area contributed by atoms with Crippen LogP contribution in [0.4, 0.5) is 5.95 Å². The summed E-state index contributed by atoms with van der Waals surface area (Å²) in [6.45, 7) is 1.87. The van der Waals surface area contributed by atoms with Gasteiger partial charge >= 0.3 is 0 Å². The van der Waals surface area contributed by atoms with Gasteiger partial charge in [0.05, 0.1) is 5.69 Å². The maximum Gasteiger partial charge on any atom is 0.201 e. The molecule has 0 aromatic carbocycles. The summed E-state index contributed by atoms with van der Waals surface area (Å²) in [5, 5.41) is 0.481. The largest absolute Gasteiger partial charge is 0.369 e. The lowest BCUT2D eigenvalue weighted by Gasteiger charge is -1.93. The van der Waals surface area contributed by atoms with Gasteiger partial charge in [-0.1, -0.05) is 11.6 Å². The molecular formula is C5H8ClN3. The molecule has 0 amide bonds. The number of imidazole rings is 1. The molecule has 9 heavy (non-hydrogen) atoms. The van der Waals surface area contributed by atoms with Gasteiger partial charge in [0.15, 0.2) is 5.15 Å². The summed E-state index contributed by atoms with van der Waals surface area (Å²) in [7, 11) is 1.82. The van der Waals surface area contributed by atoms with Gasteiger partial charge in [0.2, 0.25) is 5.95 Å². The number of nitrogen functional groups attached to an aromatic ring is 1. The average Bonchev–Trinajstić information content (AvgIpc) is 1.98. The fourth-order valence-electron chi connectivity index (χ4n) is 0.567. The van der Waals surface area contributed by atoms with E-state index in [2.05, 4.69) is 4.98 Å². The molecule has 3 nitrogen and oxygen atoms in total. The van der Waals surface area contributed by atoms with E-state index in [1.54, 1.807) is 4.57 Å². The molecule has 0 saturated carbocycles. The molecule has 0 aliphatic rings. The van der Waals surface area contributed by atoms with Gasteiger partial charge in [-0.25, -0.2) is 4.98 Å². The van der Waals surface area contributed by atoms with Crippen molar-refractivity contribution in [3.8, 4) is 0 Å². The van der Waals surface area contributed by atoms with Crippen LogP contribution in [-0.4, -0.2) is 9.55 Å². The van der Waals surface area contributed by atoms with Crippen LogP contribution in [0.3, 0.4) is 0 Å². The molecule has 0 atom stereocenters. The van der Waals surface area contributed by atoms with Crippen LogP contribution < -0.4 is 5.73 Å². The van der Waals surface area contributed by atoms with E-state index in [4.69, 9.17) is 17.3 Å². The van der Waals surface area contributed by atoms with Gasteiger partial charge in [0.25, 0.3) is 0 Å². The van der Waals surface area contributed by atoms with E-state index < -0.39 is 0 Å². The van der Waals surface area contributed by atoms with Crippen LogP contribution in [-0.2, 0) is 7.05 Å². The second kappa shape index (κ2) is 1.92. The first-order valence-electron chi connectivity index (χ1n) is 2.57. The number of nitrogens with two attached hydrogens (primary N) is 1. The van der Waals surface area contributed by atoms with Gasteiger partial charge in [0, 0.05) is 7.05 Å². The van der Waals surface area contributed by atoms with Crippen LogP contribution in [0.15, 0.2) is 0 Å². The van der Waals surface area contributed by atoms with Gasteiger partial charge in [0.1, 0.15) is 0 Å². The van der Waals surface area contributed by atoms with Crippen LogP contribution in [0.25, 0.3) is 0 Å². The summed E-state index contributed by atoms with van der Waals surface area (Å²) >= 11 is 5.62. The Labute approximate surface area is 58.4 Å². The van der Waals surface area contributed by atoms with E-state index in [0.29, 0.717) is 11.1 Å². The van der Waals surface area contributed by atoms with Crippen molar-refractivity contribution in [2.24, 2.45) is 7.05 Å². The van der Waals surface area contributed by atoms with Crippen LogP contribution in [0, 0.1) is 6.92 Å². The van der Waals surface area contributed by atoms with Gasteiger partial charge in [-0.05, 0) is 6.92 Å². The number of aromatic nitrogens is 2. The first-order valence-corrected chi connectivity index (χ1v) is 2.95. The lowest BCUT2D eigenvalue weighted by atomic mass is 10.5. The first-order chi connectivity index (χ1) is 4.13. The zero-order valence-corrected chi connectivity index (χ0v) is 6.11. The Balaban J connectivity index is 3.29. The monoisotopic (exact) mass is 145 g/mol. The fourth-order valence-corrected chi connectivity index (χ4v) is 0.780. The normalized spacial score (nSPS) is 10.1. The van der Waals surface area contributed by atoms with Crippen molar-refractivity contribution < 1.29 is 0 Å². The zero-order valence-electron chi connectivity index (χ0n) is 5.35. The molecule has 1 heterocycles. The first kappa shape index (κ1) is 6.42. The van der Waals surface area contributed by atoms with E-state index in [1.807, 2.05) is 14.0 Å². The van der Waals surface area contributed by atoms with Crippen molar-refractivity contribution in [2.45, 2.75) is 6.92 Å². The number of anilines is 1. The summed E-state index contributed by atoms with van der Waals surface area (Å²) in [6, 6.07) is 0. The Morgan fingerprint density at radius 2 is 2.22 bits per heavy atom. The molecule has 0 unspecified atom stereocenters. The quantitative estimate of drug-likeness (QED) is 0.591. The molecule has 0 bridgehead atoms. The van der Waals surface area contributed by atoms with Crippen molar-refractivity contribution in [1.82, 2.24) is 9.55 Å². The van der Waals surface area contributed by atoms with Crippen LogP contribution in [0.5, 0.6) is 0 Å². The van der Waals surface area contributed by atoms with Crippen LogP contribution in [0.2, 0.25) is 5.15 Å². The smallest absolute Gasteiger partial charge is 0.201 e. The van der Waals surface area contributed by atoms with E-state index in [-0.39, 0.29) is 0 Å². The highest BCUT2D eigenvalue weighted by Gasteiger charge is 2.03. The summed E-state index contributed by atoms with van der Waals surface area (Å²) < 4.78 is 1.74. The Bertz CT molecular complexity index is 206. The third kappa shape index (κ3) is 0.876. The van der Waals surface area contributed by atoms with E-state index >= 15 is 0 Å². The predicted octanol–water partition coefficient (Wildman–Crippen LogP) is 0.964. The molecule has 0 spiro atoms. The van der Waals surface area contributed by atoms with Gasteiger partial charge in [-0.2, -0.15) is 0 Å². The second-order valence-corrected chi connectivity index (χ2v) is 2.26. The van der Waals surface area contributed by atoms with Crippen molar-refractivity contribution in [2.75, 3.05) is 5.73 Å². The molecule has 0 aliphatic carbocycles. The second-order valence-electron chi connectivity index (χ2n) is 1.91. The molecule has 0 fully saturated rings. The zero-order chi connectivity index (χ0) is 7.02. The molecule has 4 heteroatoms. The standard InChI is InChI=1S/C5H8ClN3/c1-3-4(6)8-5(7)9(3)2/h1-2H3,(H2,7,8). The molecule has 1 aromatic heterocycles. The lowest BCUT2D eigenvalue weighted by molar-refractivity contribution is 0.889. The third-order valence-electron chi connectivity index (χ3n) is 1.36. The van der Waals surface area contributed by atoms with Gasteiger partial charge < -0.3 is 10.3 Å². The maximum absolute atomic E-state index is 5.62. The number of halogens is 1. The number of hydrogen-bond acceptors (Lipinski definition) is 2. The van der Waals surface area contributed by atoms with E-state index in [9.17, 15) is 0 Å². The summed E-state index contributed by atoms with van der Waals surface area (Å²) in [5.41, 5.74) is 6.31. The Hall–Kier alpha value is -0.700. The van der Waals surface area contributed by atoms with E-state index in [0.717, 1.165) is 5.69 Å². The highest BCUT2D eigenvalue weighted by molar-refractivity contribution is 6.30. The van der Waals surface area contributed by atoms with Crippen molar-refractivity contribution >= 4 is 17.5 Å². The topological polar surface area (TPSA) is 43.8 Å². The van der Waals surface area contributed by atoms with Crippen molar-refractivity contribution in [1.29, 1.82) is 0 Å². The highest BCUT2D eigenvalue weighted by atomic mass is 35.5. The number of nitrogens with zero attached hydrogens (tertiary/aromatic N) is 2. The fraction of sp³-hybridized carbons (Fsp3) is 0.400. The Morgan fingerprint density at radius 3 is 2.33 bits per heavy atom. The minimum absolute atomic E-state index is 0.456. The van der Waals surface area contributed by atoms with Crippen molar-refractivity contribution in [3.05, 3.63) is 10.8 Å².